The van der Waals surface area contributed by atoms with Crippen molar-refractivity contribution >= 4 is 23.7 Å². The van der Waals surface area contributed by atoms with Crippen molar-refractivity contribution < 1.29 is 27.4 Å². The molecular weight excluding hydrogens is 433 g/mol. The van der Waals surface area contributed by atoms with Gasteiger partial charge in [-0.3, -0.25) is 4.79 Å². The van der Waals surface area contributed by atoms with Gasteiger partial charge < -0.3 is 9.47 Å². The first-order valence-corrected chi connectivity index (χ1v) is 9.26. The lowest BCUT2D eigenvalue weighted by molar-refractivity contribution is -0.137. The van der Waals surface area contributed by atoms with Gasteiger partial charge in [0.05, 0.1) is 24.5 Å². The second-order valence-electron chi connectivity index (χ2n) is 6.24. The van der Waals surface area contributed by atoms with Crippen molar-refractivity contribution in [3.05, 3.63) is 88.4 Å². The summed E-state index contributed by atoms with van der Waals surface area (Å²) in [6, 6.07) is 15.7. The Labute approximate surface area is 181 Å². The molecule has 0 aliphatic rings. The quantitative estimate of drug-likeness (QED) is 0.376. The average molecular weight is 449 g/mol. The zero-order chi connectivity index (χ0) is 22.4. The van der Waals surface area contributed by atoms with Gasteiger partial charge in [0, 0.05) is 5.02 Å². The number of benzene rings is 3. The molecule has 5 nitrogen and oxygen atoms in total. The number of hydrogen-bond acceptors (Lipinski definition) is 4. The summed E-state index contributed by atoms with van der Waals surface area (Å²) in [6.45, 7) is 0. The Hall–Kier alpha value is -3.52. The molecule has 0 aliphatic carbocycles. The molecule has 9 heteroatoms. The average Bonchev–Trinajstić information content (AvgIpc) is 2.73. The summed E-state index contributed by atoms with van der Waals surface area (Å²) >= 11 is 5.92. The third-order valence-electron chi connectivity index (χ3n) is 4.04. The van der Waals surface area contributed by atoms with Gasteiger partial charge >= 0.3 is 6.18 Å². The molecule has 31 heavy (non-hydrogen) atoms. The van der Waals surface area contributed by atoms with Crippen LogP contribution in [0.5, 0.6) is 17.2 Å². The van der Waals surface area contributed by atoms with E-state index < -0.39 is 17.6 Å². The summed E-state index contributed by atoms with van der Waals surface area (Å²) in [6.07, 6.45) is -3.09. The fourth-order valence-electron chi connectivity index (χ4n) is 2.61. The predicted octanol–water partition coefficient (Wildman–Crippen LogP) is 5.92. The number of carbonyl (C=O) groups is 1. The van der Waals surface area contributed by atoms with Crippen LogP contribution < -0.4 is 14.9 Å². The van der Waals surface area contributed by atoms with Crippen molar-refractivity contribution in [2.24, 2.45) is 5.10 Å². The van der Waals surface area contributed by atoms with E-state index in [1.807, 2.05) is 0 Å². The second kappa shape index (κ2) is 9.53. The van der Waals surface area contributed by atoms with Crippen molar-refractivity contribution in [1.29, 1.82) is 0 Å². The van der Waals surface area contributed by atoms with Crippen molar-refractivity contribution in [2.45, 2.75) is 6.18 Å². The van der Waals surface area contributed by atoms with E-state index in [2.05, 4.69) is 10.5 Å². The summed E-state index contributed by atoms with van der Waals surface area (Å²) in [5.74, 6) is 0.178. The molecule has 0 unspecified atom stereocenters. The maximum absolute atomic E-state index is 12.8. The van der Waals surface area contributed by atoms with Gasteiger partial charge in [0.1, 0.15) is 17.2 Å². The van der Waals surface area contributed by atoms with Crippen LogP contribution in [0.15, 0.2) is 71.8 Å². The van der Waals surface area contributed by atoms with Crippen molar-refractivity contribution in [1.82, 2.24) is 5.43 Å². The highest BCUT2D eigenvalue weighted by molar-refractivity contribution is 6.31. The minimum atomic E-state index is -4.46. The van der Waals surface area contributed by atoms with E-state index in [1.165, 1.54) is 31.5 Å². The van der Waals surface area contributed by atoms with Gasteiger partial charge in [-0.05, 0) is 54.1 Å². The van der Waals surface area contributed by atoms with Crippen LogP contribution in [0.1, 0.15) is 21.5 Å². The van der Waals surface area contributed by atoms with E-state index in [0.29, 0.717) is 22.1 Å². The summed E-state index contributed by atoms with van der Waals surface area (Å²) < 4.78 is 49.2. The van der Waals surface area contributed by atoms with Gasteiger partial charge in [0.15, 0.2) is 0 Å². The van der Waals surface area contributed by atoms with Gasteiger partial charge in [0.25, 0.3) is 5.91 Å². The van der Waals surface area contributed by atoms with Crippen LogP contribution in [0, 0.1) is 0 Å². The lowest BCUT2D eigenvalue weighted by Crippen LogP contribution is -2.18. The number of hydrazone groups is 1. The van der Waals surface area contributed by atoms with Gasteiger partial charge in [-0.2, -0.15) is 18.3 Å². The van der Waals surface area contributed by atoms with E-state index in [4.69, 9.17) is 21.1 Å². The van der Waals surface area contributed by atoms with Crippen molar-refractivity contribution in [3.8, 4) is 17.2 Å². The third-order valence-corrected chi connectivity index (χ3v) is 4.28. The number of methoxy groups -OCH3 is 1. The fourth-order valence-corrected chi connectivity index (χ4v) is 2.79. The Morgan fingerprint density at radius 2 is 1.74 bits per heavy atom. The van der Waals surface area contributed by atoms with Crippen LogP contribution in [0.25, 0.3) is 0 Å². The first-order chi connectivity index (χ1) is 14.8. The van der Waals surface area contributed by atoms with Crippen LogP contribution in [-0.2, 0) is 6.18 Å². The molecule has 0 radical (unpaired) electrons. The lowest BCUT2D eigenvalue weighted by Gasteiger charge is -2.10. The number of nitrogens with one attached hydrogen (secondary N) is 1. The van der Waals surface area contributed by atoms with E-state index in [1.54, 1.807) is 36.4 Å². The fraction of sp³-hybridized carbons (Fsp3) is 0.0909. The monoisotopic (exact) mass is 448 g/mol. The van der Waals surface area contributed by atoms with Gasteiger partial charge in [0.2, 0.25) is 0 Å². The molecule has 160 valence electrons. The first kappa shape index (κ1) is 22.2. The molecule has 0 aromatic heterocycles. The highest BCUT2D eigenvalue weighted by Gasteiger charge is 2.30. The molecular formula is C22H16ClF3N2O3. The summed E-state index contributed by atoms with van der Waals surface area (Å²) in [4.78, 5) is 12.3. The minimum Gasteiger partial charge on any atom is -0.496 e. The molecule has 0 saturated carbocycles. The third kappa shape index (κ3) is 5.99. The molecule has 1 N–H and O–H groups in total. The van der Waals surface area contributed by atoms with Gasteiger partial charge in [-0.15, -0.1) is 0 Å². The number of alkyl halides is 3. The molecule has 0 fully saturated rings. The van der Waals surface area contributed by atoms with Crippen LogP contribution in [0.4, 0.5) is 13.2 Å². The maximum atomic E-state index is 12.8. The first-order valence-electron chi connectivity index (χ1n) is 8.88. The zero-order valence-electron chi connectivity index (χ0n) is 16.1. The number of halogens is 4. The predicted molar refractivity (Wildman–Crippen MR) is 111 cm³/mol. The molecule has 1 amide bonds. The van der Waals surface area contributed by atoms with Crippen molar-refractivity contribution in [3.63, 3.8) is 0 Å². The number of rotatable bonds is 6. The molecule has 0 aliphatic heterocycles. The van der Waals surface area contributed by atoms with Gasteiger partial charge in [-0.25, -0.2) is 5.43 Å². The van der Waals surface area contributed by atoms with Crippen LogP contribution in [0.2, 0.25) is 5.02 Å². The van der Waals surface area contributed by atoms with E-state index in [-0.39, 0.29) is 11.3 Å². The Morgan fingerprint density at radius 1 is 1.03 bits per heavy atom. The molecule has 0 atom stereocenters. The number of amides is 1. The highest BCUT2D eigenvalue weighted by Crippen LogP contribution is 2.32. The minimum absolute atomic E-state index is 0.0465. The summed E-state index contributed by atoms with van der Waals surface area (Å²) in [5, 5.41) is 4.26. The second-order valence-corrected chi connectivity index (χ2v) is 6.68. The number of hydrogen-bond donors (Lipinski definition) is 1. The molecule has 3 aromatic rings. The number of carbonyl (C=O) groups excluding carboxylic acids is 1. The molecule has 0 spiro atoms. The number of ether oxygens (including phenoxy) is 2. The smallest absolute Gasteiger partial charge is 0.416 e. The molecule has 3 rings (SSSR count). The zero-order valence-corrected chi connectivity index (χ0v) is 16.9. The van der Waals surface area contributed by atoms with Gasteiger partial charge in [-0.1, -0.05) is 29.8 Å². The highest BCUT2D eigenvalue weighted by atomic mass is 35.5. The standard InChI is InChI=1S/C22H16ClF3N2O3/c1-30-20-9-8-16(23)12-19(20)21(29)28-27-13-14-4-2-6-17(10-14)31-18-7-3-5-15(11-18)22(24,25)26/h2-13H,1H3,(H,28,29). The number of nitrogens with zero attached hydrogens (tertiary/aromatic N) is 1. The van der Waals surface area contributed by atoms with E-state index in [0.717, 1.165) is 12.1 Å². The Bertz CT molecular complexity index is 1120. The molecule has 0 heterocycles. The largest absolute Gasteiger partial charge is 0.496 e. The Morgan fingerprint density at radius 3 is 2.45 bits per heavy atom. The SMILES string of the molecule is COc1ccc(Cl)cc1C(=O)NN=Cc1cccc(Oc2cccc(C(F)(F)F)c2)c1. The Kier molecular flexibility index (Phi) is 6.81. The molecule has 0 bridgehead atoms. The van der Waals surface area contributed by atoms with Crippen molar-refractivity contribution in [2.75, 3.05) is 7.11 Å². The normalized spacial score (nSPS) is 11.4. The summed E-state index contributed by atoms with van der Waals surface area (Å²) in [7, 11) is 1.43. The topological polar surface area (TPSA) is 59.9 Å². The maximum Gasteiger partial charge on any atom is 0.416 e. The Balaban J connectivity index is 1.69. The van der Waals surface area contributed by atoms with E-state index in [9.17, 15) is 18.0 Å². The molecule has 3 aromatic carbocycles. The lowest BCUT2D eigenvalue weighted by atomic mass is 10.2. The molecule has 0 saturated heterocycles. The van der Waals surface area contributed by atoms with Crippen LogP contribution in [-0.4, -0.2) is 19.2 Å². The van der Waals surface area contributed by atoms with Crippen LogP contribution >= 0.6 is 11.6 Å². The van der Waals surface area contributed by atoms with E-state index >= 15 is 0 Å². The summed E-state index contributed by atoms with van der Waals surface area (Å²) in [5.41, 5.74) is 2.34. The van der Waals surface area contributed by atoms with Crippen LogP contribution in [0.3, 0.4) is 0 Å².